The van der Waals surface area contributed by atoms with Gasteiger partial charge in [0.05, 0.1) is 12.8 Å². The van der Waals surface area contributed by atoms with Gasteiger partial charge >= 0.3 is 5.97 Å². The minimum Gasteiger partial charge on any atom is -0.469 e. The second-order valence-corrected chi connectivity index (χ2v) is 6.67. The van der Waals surface area contributed by atoms with Crippen molar-refractivity contribution in [2.24, 2.45) is 12.0 Å². The van der Waals surface area contributed by atoms with Gasteiger partial charge < -0.3 is 15.4 Å². The fraction of sp³-hybridized carbons (Fsp3) is 0.737. The van der Waals surface area contributed by atoms with E-state index >= 15 is 0 Å². The second kappa shape index (κ2) is 13.8. The lowest BCUT2D eigenvalue weighted by molar-refractivity contribution is -0.140. The number of carbonyl (C=O) groups excluding carboxylic acids is 1. The summed E-state index contributed by atoms with van der Waals surface area (Å²) in [6, 6.07) is 0.258. The molecule has 0 aliphatic rings. The number of rotatable bonds is 10. The molecule has 0 amide bonds. The van der Waals surface area contributed by atoms with Crippen LogP contribution in [0.2, 0.25) is 0 Å². The summed E-state index contributed by atoms with van der Waals surface area (Å²) in [6.45, 7) is 9.96. The molecule has 1 aromatic rings. The van der Waals surface area contributed by atoms with E-state index in [1.807, 2.05) is 11.7 Å². The van der Waals surface area contributed by atoms with Crippen molar-refractivity contribution in [2.75, 3.05) is 20.2 Å². The Hall–Kier alpha value is -1.32. The third-order valence-corrected chi connectivity index (χ3v) is 4.43. The van der Waals surface area contributed by atoms with Crippen molar-refractivity contribution in [3.05, 3.63) is 17.0 Å². The van der Waals surface area contributed by atoms with Gasteiger partial charge in [-0.1, -0.05) is 6.42 Å². The normalized spacial score (nSPS) is 12.3. The third kappa shape index (κ3) is 9.44. The molecule has 27 heavy (non-hydrogen) atoms. The van der Waals surface area contributed by atoms with Crippen LogP contribution in [0.5, 0.6) is 0 Å². The molecule has 1 heterocycles. The zero-order valence-electron chi connectivity index (χ0n) is 17.6. The highest BCUT2D eigenvalue weighted by atomic mass is 127. The number of nitrogens with zero attached hydrogens (tertiary/aromatic N) is 3. The van der Waals surface area contributed by atoms with E-state index < -0.39 is 0 Å². The van der Waals surface area contributed by atoms with Gasteiger partial charge in [-0.3, -0.25) is 14.5 Å². The lowest BCUT2D eigenvalue weighted by Crippen LogP contribution is -2.43. The topological polar surface area (TPSA) is 80.5 Å². The van der Waals surface area contributed by atoms with E-state index in [4.69, 9.17) is 0 Å². The molecule has 1 rings (SSSR count). The Bertz CT molecular complexity index is 601. The zero-order valence-corrected chi connectivity index (χ0v) is 19.9. The molecule has 0 spiro atoms. The summed E-state index contributed by atoms with van der Waals surface area (Å²) in [4.78, 5) is 15.7. The van der Waals surface area contributed by atoms with Gasteiger partial charge in [-0.15, -0.1) is 24.0 Å². The molecule has 0 radical (unpaired) electrons. The van der Waals surface area contributed by atoms with Gasteiger partial charge in [0.25, 0.3) is 0 Å². The minimum atomic E-state index is -0.140. The maximum absolute atomic E-state index is 11.1. The SMILES string of the molecule is CCNC(=NCCCCCC(=O)OC)NC(C)Cc1c(C)nn(C)c1C.I. The van der Waals surface area contributed by atoms with Crippen LogP contribution in [0.15, 0.2) is 4.99 Å². The van der Waals surface area contributed by atoms with Crippen LogP contribution in [0.1, 0.15) is 56.5 Å². The summed E-state index contributed by atoms with van der Waals surface area (Å²) in [5, 5.41) is 11.3. The fourth-order valence-corrected chi connectivity index (χ4v) is 2.87. The van der Waals surface area contributed by atoms with Gasteiger partial charge in [-0.25, -0.2) is 0 Å². The van der Waals surface area contributed by atoms with Crippen LogP contribution in [0.3, 0.4) is 0 Å². The average Bonchev–Trinajstić information content (AvgIpc) is 2.83. The van der Waals surface area contributed by atoms with E-state index in [2.05, 4.69) is 53.2 Å². The van der Waals surface area contributed by atoms with Gasteiger partial charge in [0.15, 0.2) is 5.96 Å². The van der Waals surface area contributed by atoms with Gasteiger partial charge in [-0.05, 0) is 52.5 Å². The van der Waals surface area contributed by atoms with Gasteiger partial charge in [0.2, 0.25) is 0 Å². The van der Waals surface area contributed by atoms with E-state index in [-0.39, 0.29) is 36.0 Å². The van der Waals surface area contributed by atoms with Crippen LogP contribution in [-0.4, -0.2) is 48.0 Å². The van der Waals surface area contributed by atoms with Gasteiger partial charge in [0.1, 0.15) is 0 Å². The Kier molecular flexibility index (Phi) is 13.1. The van der Waals surface area contributed by atoms with E-state index in [0.717, 1.165) is 50.4 Å². The van der Waals surface area contributed by atoms with E-state index in [1.54, 1.807) is 0 Å². The number of nitrogens with one attached hydrogen (secondary N) is 2. The first kappa shape index (κ1) is 25.7. The molecule has 0 fully saturated rings. The molecule has 1 aromatic heterocycles. The van der Waals surface area contributed by atoms with Crippen LogP contribution in [0, 0.1) is 13.8 Å². The van der Waals surface area contributed by atoms with Crippen LogP contribution < -0.4 is 10.6 Å². The predicted molar refractivity (Wildman–Crippen MR) is 121 cm³/mol. The van der Waals surface area contributed by atoms with Gasteiger partial charge in [0, 0.05) is 38.3 Å². The number of carbonyl (C=O) groups is 1. The fourth-order valence-electron chi connectivity index (χ4n) is 2.87. The number of esters is 1. The number of ether oxygens (including phenoxy) is 1. The largest absolute Gasteiger partial charge is 0.469 e. The molecule has 1 atom stereocenters. The molecular formula is C19H36IN5O2. The maximum Gasteiger partial charge on any atom is 0.305 e. The van der Waals surface area contributed by atoms with E-state index in [0.29, 0.717) is 6.42 Å². The van der Waals surface area contributed by atoms with Gasteiger partial charge in [-0.2, -0.15) is 5.10 Å². The van der Waals surface area contributed by atoms with Crippen LogP contribution in [0.25, 0.3) is 0 Å². The van der Waals surface area contributed by atoms with Crippen LogP contribution in [0.4, 0.5) is 0 Å². The van der Waals surface area contributed by atoms with E-state index in [9.17, 15) is 4.79 Å². The molecule has 0 aromatic carbocycles. The number of methoxy groups -OCH3 is 1. The highest BCUT2D eigenvalue weighted by Gasteiger charge is 2.13. The van der Waals surface area contributed by atoms with Crippen LogP contribution in [-0.2, 0) is 23.0 Å². The number of aryl methyl sites for hydroxylation is 2. The summed E-state index contributed by atoms with van der Waals surface area (Å²) in [5.41, 5.74) is 3.60. The number of halogens is 1. The van der Waals surface area contributed by atoms with Crippen molar-refractivity contribution < 1.29 is 9.53 Å². The van der Waals surface area contributed by atoms with Crippen molar-refractivity contribution >= 4 is 35.9 Å². The molecule has 0 aliphatic heterocycles. The average molecular weight is 493 g/mol. The predicted octanol–water partition coefficient (Wildman–Crippen LogP) is 2.87. The molecule has 0 saturated heterocycles. The summed E-state index contributed by atoms with van der Waals surface area (Å²) in [6.07, 6.45) is 4.18. The standard InChI is InChI=1S/C19H35N5O2.HI/c1-7-20-19(21-12-10-8-9-11-18(25)26-6)22-14(2)13-17-15(3)23-24(5)16(17)4;/h14H,7-13H2,1-6H3,(H2,20,21,22);1H. The summed E-state index contributed by atoms with van der Waals surface area (Å²) < 4.78 is 6.58. The Balaban J connectivity index is 0.00000676. The lowest BCUT2D eigenvalue weighted by atomic mass is 10.1. The molecule has 2 N–H and O–H groups in total. The quantitative estimate of drug-likeness (QED) is 0.172. The van der Waals surface area contributed by atoms with Crippen molar-refractivity contribution in [3.8, 4) is 0 Å². The summed E-state index contributed by atoms with van der Waals surface area (Å²) in [7, 11) is 3.41. The monoisotopic (exact) mass is 493 g/mol. The number of aliphatic imine (C=N–C) groups is 1. The second-order valence-electron chi connectivity index (χ2n) is 6.67. The first-order valence-electron chi connectivity index (χ1n) is 9.49. The summed E-state index contributed by atoms with van der Waals surface area (Å²) in [5.74, 6) is 0.700. The maximum atomic E-state index is 11.1. The Morgan fingerprint density at radius 2 is 2.00 bits per heavy atom. The highest BCUT2D eigenvalue weighted by molar-refractivity contribution is 14.0. The number of hydrogen-bond acceptors (Lipinski definition) is 4. The Morgan fingerprint density at radius 3 is 2.56 bits per heavy atom. The molecule has 156 valence electrons. The Morgan fingerprint density at radius 1 is 1.30 bits per heavy atom. The highest BCUT2D eigenvalue weighted by Crippen LogP contribution is 2.14. The number of hydrogen-bond donors (Lipinski definition) is 2. The Labute approximate surface area is 180 Å². The molecular weight excluding hydrogens is 457 g/mol. The number of unbranched alkanes of at least 4 members (excludes halogenated alkanes) is 2. The van der Waals surface area contributed by atoms with Crippen molar-refractivity contribution in [1.29, 1.82) is 0 Å². The van der Waals surface area contributed by atoms with E-state index in [1.165, 1.54) is 18.4 Å². The molecule has 0 aliphatic carbocycles. The molecule has 8 heteroatoms. The third-order valence-electron chi connectivity index (χ3n) is 4.43. The molecule has 7 nitrogen and oxygen atoms in total. The summed E-state index contributed by atoms with van der Waals surface area (Å²) >= 11 is 0. The number of guanidine groups is 1. The lowest BCUT2D eigenvalue weighted by Gasteiger charge is -2.18. The van der Waals surface area contributed by atoms with Crippen molar-refractivity contribution in [1.82, 2.24) is 20.4 Å². The first-order valence-corrected chi connectivity index (χ1v) is 9.49. The smallest absolute Gasteiger partial charge is 0.305 e. The zero-order chi connectivity index (χ0) is 19.5. The van der Waals surface area contributed by atoms with Crippen molar-refractivity contribution in [3.63, 3.8) is 0 Å². The van der Waals surface area contributed by atoms with Crippen molar-refractivity contribution in [2.45, 2.75) is 65.8 Å². The molecule has 0 saturated carbocycles. The van der Waals surface area contributed by atoms with Crippen LogP contribution >= 0.6 is 24.0 Å². The molecule has 1 unspecified atom stereocenters. The molecule has 0 bridgehead atoms. The number of aromatic nitrogens is 2. The minimum absolute atomic E-state index is 0. The first-order chi connectivity index (χ1) is 12.4.